The van der Waals surface area contributed by atoms with Gasteiger partial charge in [-0.3, -0.25) is 0 Å². The first kappa shape index (κ1) is 13.1. The van der Waals surface area contributed by atoms with Crippen molar-refractivity contribution in [3.63, 3.8) is 0 Å². The lowest BCUT2D eigenvalue weighted by Gasteiger charge is -2.24. The molecule has 0 heterocycles. The molecule has 1 aromatic rings. The number of hydrogen-bond donors (Lipinski definition) is 1. The first-order chi connectivity index (χ1) is 7.36. The van der Waals surface area contributed by atoms with Crippen LogP contribution in [-0.4, -0.2) is 0 Å². The number of rotatable bonds is 3. The number of nitrogens with two attached hydrogens (primary N) is 1. The number of hydrogen-bond acceptors (Lipinski definition) is 1. The quantitative estimate of drug-likeness (QED) is 0.736. The highest BCUT2D eigenvalue weighted by atomic mass is 14.6. The fourth-order valence-electron chi connectivity index (χ4n) is 2.46. The predicted octanol–water partition coefficient (Wildman–Crippen LogP) is 4.64. The summed E-state index contributed by atoms with van der Waals surface area (Å²) in [6.07, 6.45) is 0. The molecule has 90 valence electrons. The van der Waals surface area contributed by atoms with Gasteiger partial charge in [0, 0.05) is 5.69 Å². The summed E-state index contributed by atoms with van der Waals surface area (Å²) in [6.45, 7) is 13.5. The highest BCUT2D eigenvalue weighted by molar-refractivity contribution is 5.57. The summed E-state index contributed by atoms with van der Waals surface area (Å²) in [6, 6.07) is 4.26. The Hall–Kier alpha value is -0.980. The second kappa shape index (κ2) is 4.90. The molecule has 0 fully saturated rings. The minimum absolute atomic E-state index is 0.496. The van der Waals surface area contributed by atoms with E-state index < -0.39 is 0 Å². The van der Waals surface area contributed by atoms with Gasteiger partial charge in [0.1, 0.15) is 0 Å². The summed E-state index contributed by atoms with van der Waals surface area (Å²) < 4.78 is 0. The zero-order chi connectivity index (χ0) is 12.5. The van der Waals surface area contributed by atoms with Crippen molar-refractivity contribution in [2.45, 2.75) is 59.3 Å². The van der Waals surface area contributed by atoms with Crippen molar-refractivity contribution in [1.29, 1.82) is 0 Å². The molecule has 1 nitrogen and oxygen atoms in total. The van der Waals surface area contributed by atoms with Gasteiger partial charge in [-0.25, -0.2) is 0 Å². The van der Waals surface area contributed by atoms with Gasteiger partial charge in [0.05, 0.1) is 0 Å². The Morgan fingerprint density at radius 2 is 1.25 bits per heavy atom. The summed E-state index contributed by atoms with van der Waals surface area (Å²) in [5, 5.41) is 0. The Morgan fingerprint density at radius 3 is 1.62 bits per heavy atom. The summed E-state index contributed by atoms with van der Waals surface area (Å²) in [4.78, 5) is 0. The lowest BCUT2D eigenvalue weighted by atomic mass is 9.82. The SMILES string of the molecule is CC(C)c1ccc(N)c(C(C)C)c1C(C)C. The van der Waals surface area contributed by atoms with Crippen LogP contribution in [0.15, 0.2) is 12.1 Å². The smallest absolute Gasteiger partial charge is 0.0352 e. The first-order valence-electron chi connectivity index (χ1n) is 6.28. The molecular formula is C15H25N. The maximum Gasteiger partial charge on any atom is 0.0352 e. The molecule has 0 aliphatic heterocycles. The Morgan fingerprint density at radius 1 is 0.750 bits per heavy atom. The van der Waals surface area contributed by atoms with E-state index in [1.165, 1.54) is 16.7 Å². The molecule has 0 atom stereocenters. The van der Waals surface area contributed by atoms with E-state index in [0.717, 1.165) is 5.69 Å². The van der Waals surface area contributed by atoms with Crippen LogP contribution in [0.2, 0.25) is 0 Å². The van der Waals surface area contributed by atoms with Crippen molar-refractivity contribution in [3.8, 4) is 0 Å². The molecule has 0 unspecified atom stereocenters. The van der Waals surface area contributed by atoms with Gasteiger partial charge in [0.25, 0.3) is 0 Å². The third-order valence-electron chi connectivity index (χ3n) is 3.13. The van der Waals surface area contributed by atoms with Gasteiger partial charge < -0.3 is 5.73 Å². The Kier molecular flexibility index (Phi) is 4.01. The van der Waals surface area contributed by atoms with Crippen LogP contribution < -0.4 is 5.73 Å². The summed E-state index contributed by atoms with van der Waals surface area (Å²) >= 11 is 0. The molecule has 0 saturated carbocycles. The minimum atomic E-state index is 0.496. The van der Waals surface area contributed by atoms with Crippen LogP contribution in [0.1, 0.15) is 76.0 Å². The predicted molar refractivity (Wildman–Crippen MR) is 73.1 cm³/mol. The molecule has 1 rings (SSSR count). The van der Waals surface area contributed by atoms with Crippen molar-refractivity contribution in [3.05, 3.63) is 28.8 Å². The van der Waals surface area contributed by atoms with Gasteiger partial charge in [-0.2, -0.15) is 0 Å². The second-order valence-electron chi connectivity index (χ2n) is 5.54. The summed E-state index contributed by atoms with van der Waals surface area (Å²) in [5.74, 6) is 1.60. The average Bonchev–Trinajstić information content (AvgIpc) is 2.15. The maximum absolute atomic E-state index is 6.13. The molecule has 0 aromatic heterocycles. The molecule has 0 bridgehead atoms. The molecule has 2 N–H and O–H groups in total. The van der Waals surface area contributed by atoms with Gasteiger partial charge in [0.15, 0.2) is 0 Å². The standard InChI is InChI=1S/C15H25N/c1-9(2)12-7-8-13(16)15(11(5)6)14(12)10(3)4/h7-11H,16H2,1-6H3. The maximum atomic E-state index is 6.13. The van der Waals surface area contributed by atoms with E-state index in [-0.39, 0.29) is 0 Å². The van der Waals surface area contributed by atoms with Gasteiger partial charge in [-0.05, 0) is 40.5 Å². The zero-order valence-corrected chi connectivity index (χ0v) is 11.5. The van der Waals surface area contributed by atoms with Crippen molar-refractivity contribution in [1.82, 2.24) is 0 Å². The summed E-state index contributed by atoms with van der Waals surface area (Å²) in [7, 11) is 0. The van der Waals surface area contributed by atoms with Crippen molar-refractivity contribution < 1.29 is 0 Å². The van der Waals surface area contributed by atoms with E-state index >= 15 is 0 Å². The topological polar surface area (TPSA) is 26.0 Å². The van der Waals surface area contributed by atoms with Gasteiger partial charge in [-0.1, -0.05) is 47.6 Å². The van der Waals surface area contributed by atoms with Crippen LogP contribution in [0.4, 0.5) is 5.69 Å². The van der Waals surface area contributed by atoms with E-state index in [4.69, 9.17) is 5.73 Å². The Labute approximate surface area is 100 Å². The van der Waals surface area contributed by atoms with Crippen LogP contribution in [-0.2, 0) is 0 Å². The Balaban J connectivity index is 3.50. The molecule has 1 aromatic carbocycles. The van der Waals surface area contributed by atoms with Crippen LogP contribution >= 0.6 is 0 Å². The normalized spacial score (nSPS) is 11.8. The second-order valence-corrected chi connectivity index (χ2v) is 5.54. The van der Waals surface area contributed by atoms with Crippen molar-refractivity contribution >= 4 is 5.69 Å². The van der Waals surface area contributed by atoms with Gasteiger partial charge in [0.2, 0.25) is 0 Å². The van der Waals surface area contributed by atoms with Gasteiger partial charge >= 0.3 is 0 Å². The van der Waals surface area contributed by atoms with E-state index in [1.807, 2.05) is 0 Å². The van der Waals surface area contributed by atoms with E-state index in [2.05, 4.69) is 53.7 Å². The van der Waals surface area contributed by atoms with Crippen LogP contribution in [0, 0.1) is 0 Å². The molecule has 0 spiro atoms. The minimum Gasteiger partial charge on any atom is -0.398 e. The van der Waals surface area contributed by atoms with E-state index in [1.54, 1.807) is 0 Å². The molecule has 1 heteroatoms. The monoisotopic (exact) mass is 219 g/mol. The fraction of sp³-hybridized carbons (Fsp3) is 0.600. The fourth-order valence-corrected chi connectivity index (χ4v) is 2.46. The Bertz CT molecular complexity index is 362. The molecule has 0 radical (unpaired) electrons. The molecular weight excluding hydrogens is 194 g/mol. The molecule has 0 amide bonds. The highest BCUT2D eigenvalue weighted by Gasteiger charge is 2.18. The van der Waals surface area contributed by atoms with E-state index in [0.29, 0.717) is 17.8 Å². The van der Waals surface area contributed by atoms with Gasteiger partial charge in [-0.15, -0.1) is 0 Å². The zero-order valence-electron chi connectivity index (χ0n) is 11.5. The van der Waals surface area contributed by atoms with Crippen LogP contribution in [0.3, 0.4) is 0 Å². The van der Waals surface area contributed by atoms with Crippen LogP contribution in [0.5, 0.6) is 0 Å². The lowest BCUT2D eigenvalue weighted by molar-refractivity contribution is 0.750. The third kappa shape index (κ3) is 2.40. The van der Waals surface area contributed by atoms with Crippen molar-refractivity contribution in [2.75, 3.05) is 5.73 Å². The largest absolute Gasteiger partial charge is 0.398 e. The van der Waals surface area contributed by atoms with E-state index in [9.17, 15) is 0 Å². The first-order valence-corrected chi connectivity index (χ1v) is 6.28. The lowest BCUT2D eigenvalue weighted by Crippen LogP contribution is -2.08. The molecule has 0 aliphatic rings. The third-order valence-corrected chi connectivity index (χ3v) is 3.13. The molecule has 16 heavy (non-hydrogen) atoms. The number of benzene rings is 1. The number of anilines is 1. The summed E-state index contributed by atoms with van der Waals surface area (Å²) in [5.41, 5.74) is 11.3. The van der Waals surface area contributed by atoms with Crippen molar-refractivity contribution in [2.24, 2.45) is 0 Å². The molecule has 0 aliphatic carbocycles. The molecule has 0 saturated heterocycles. The highest BCUT2D eigenvalue weighted by Crippen LogP contribution is 2.36. The van der Waals surface area contributed by atoms with Crippen LogP contribution in [0.25, 0.3) is 0 Å². The number of nitrogen functional groups attached to an aromatic ring is 1. The average molecular weight is 219 g/mol.